The maximum atomic E-state index is 3.60. The van der Waals surface area contributed by atoms with Gasteiger partial charge in [0.2, 0.25) is 0 Å². The van der Waals surface area contributed by atoms with Crippen molar-refractivity contribution in [1.82, 2.24) is 0 Å². The summed E-state index contributed by atoms with van der Waals surface area (Å²) in [6.45, 7) is 14.7. The molecular formula is C25H39N. The van der Waals surface area contributed by atoms with Crippen molar-refractivity contribution in [3.63, 3.8) is 0 Å². The van der Waals surface area contributed by atoms with Crippen LogP contribution in [0, 0.1) is 11.8 Å². The molecule has 2 aromatic carbocycles. The molecule has 1 nitrogen and oxygen atoms in total. The molecule has 2 aromatic rings. The van der Waals surface area contributed by atoms with Crippen LogP contribution in [-0.4, -0.2) is 7.05 Å². The highest BCUT2D eigenvalue weighted by Gasteiger charge is 1.96. The molecule has 0 aliphatic rings. The SMILES string of the molecule is C=CCC(C)C.CCc1ccc(CC(C)C)cc1.CNc1ccccc1. The number of rotatable bonds is 6. The first-order valence-electron chi connectivity index (χ1n) is 9.84. The molecule has 0 saturated heterocycles. The van der Waals surface area contributed by atoms with Gasteiger partial charge in [-0.25, -0.2) is 0 Å². The summed E-state index contributed by atoms with van der Waals surface area (Å²) in [5.41, 5.74) is 4.05. The Bertz CT molecular complexity index is 552. The minimum atomic E-state index is 0.762. The van der Waals surface area contributed by atoms with Crippen LogP contribution >= 0.6 is 0 Å². The van der Waals surface area contributed by atoms with E-state index in [1.54, 1.807) is 0 Å². The second-order valence-electron chi connectivity index (χ2n) is 7.30. The Morgan fingerprint density at radius 2 is 1.38 bits per heavy atom. The number of benzene rings is 2. The van der Waals surface area contributed by atoms with Crippen molar-refractivity contribution in [3.8, 4) is 0 Å². The lowest BCUT2D eigenvalue weighted by Crippen LogP contribution is -1.93. The first-order chi connectivity index (χ1) is 12.4. The lowest BCUT2D eigenvalue weighted by atomic mass is 10.0. The van der Waals surface area contributed by atoms with Crippen LogP contribution in [0.1, 0.15) is 52.2 Å². The fourth-order valence-electron chi connectivity index (χ4n) is 2.32. The number of allylic oxidation sites excluding steroid dienone is 1. The van der Waals surface area contributed by atoms with Gasteiger partial charge in [-0.15, -0.1) is 6.58 Å². The molecule has 0 saturated carbocycles. The molecule has 0 spiro atoms. The summed E-state index contributed by atoms with van der Waals surface area (Å²) < 4.78 is 0. The van der Waals surface area contributed by atoms with Crippen LogP contribution in [0.5, 0.6) is 0 Å². The van der Waals surface area contributed by atoms with E-state index in [4.69, 9.17) is 0 Å². The standard InChI is InChI=1S/C12H18.C7H9N.C6H12/c1-4-11-5-7-12(8-6-11)9-10(2)3;1-8-7-5-3-2-4-6-7;1-4-5-6(2)3/h5-8,10H,4,9H2,1-3H3;2-6,8H,1H3;4,6H,1,5H2,2-3H3. The smallest absolute Gasteiger partial charge is 0.0337 e. The van der Waals surface area contributed by atoms with Gasteiger partial charge in [0, 0.05) is 12.7 Å². The summed E-state index contributed by atoms with van der Waals surface area (Å²) >= 11 is 0. The zero-order chi connectivity index (χ0) is 19.8. The quantitative estimate of drug-likeness (QED) is 0.534. The molecule has 1 N–H and O–H groups in total. The summed E-state index contributed by atoms with van der Waals surface area (Å²) in [6.07, 6.45) is 5.43. The van der Waals surface area contributed by atoms with E-state index in [1.165, 1.54) is 17.5 Å². The van der Waals surface area contributed by atoms with Gasteiger partial charge in [0.15, 0.2) is 0 Å². The van der Waals surface area contributed by atoms with E-state index in [1.807, 2.05) is 43.5 Å². The van der Waals surface area contributed by atoms with Gasteiger partial charge < -0.3 is 5.32 Å². The molecule has 144 valence electrons. The summed E-state index contributed by atoms with van der Waals surface area (Å²) in [5.74, 6) is 1.54. The van der Waals surface area contributed by atoms with E-state index in [-0.39, 0.29) is 0 Å². The fourth-order valence-corrected chi connectivity index (χ4v) is 2.32. The Balaban J connectivity index is 0.000000388. The zero-order valence-corrected chi connectivity index (χ0v) is 17.8. The molecule has 1 heteroatoms. The van der Waals surface area contributed by atoms with Crippen LogP contribution in [0.4, 0.5) is 5.69 Å². The molecule has 0 aromatic heterocycles. The Morgan fingerprint density at radius 1 is 0.846 bits per heavy atom. The fraction of sp³-hybridized carbons (Fsp3) is 0.440. The third-order valence-electron chi connectivity index (χ3n) is 3.78. The second kappa shape index (κ2) is 15.3. The van der Waals surface area contributed by atoms with Gasteiger partial charge in [-0.05, 0) is 54.4 Å². The van der Waals surface area contributed by atoms with Crippen molar-refractivity contribution < 1.29 is 0 Å². The number of hydrogen-bond donors (Lipinski definition) is 1. The monoisotopic (exact) mass is 353 g/mol. The molecule has 0 atom stereocenters. The molecular weight excluding hydrogens is 314 g/mol. The Kier molecular flexibility index (Phi) is 14.1. The van der Waals surface area contributed by atoms with E-state index < -0.39 is 0 Å². The highest BCUT2D eigenvalue weighted by Crippen LogP contribution is 2.09. The molecule has 0 unspecified atom stereocenters. The summed E-state index contributed by atoms with van der Waals surface area (Å²) in [4.78, 5) is 0. The zero-order valence-electron chi connectivity index (χ0n) is 17.8. The largest absolute Gasteiger partial charge is 0.388 e. The lowest BCUT2D eigenvalue weighted by Gasteiger charge is -2.05. The number of para-hydroxylation sites is 1. The van der Waals surface area contributed by atoms with Gasteiger partial charge >= 0.3 is 0 Å². The number of anilines is 1. The van der Waals surface area contributed by atoms with Crippen molar-refractivity contribution in [1.29, 1.82) is 0 Å². The van der Waals surface area contributed by atoms with Gasteiger partial charge in [0.05, 0.1) is 0 Å². The first kappa shape index (κ1) is 24.0. The molecule has 0 aliphatic heterocycles. The highest BCUT2D eigenvalue weighted by molar-refractivity contribution is 5.41. The van der Waals surface area contributed by atoms with E-state index in [2.05, 4.69) is 70.8 Å². The molecule has 0 amide bonds. The third-order valence-corrected chi connectivity index (χ3v) is 3.78. The van der Waals surface area contributed by atoms with Crippen LogP contribution in [0.25, 0.3) is 0 Å². The molecule has 0 aliphatic carbocycles. The number of nitrogens with one attached hydrogen (secondary N) is 1. The van der Waals surface area contributed by atoms with Crippen LogP contribution in [0.2, 0.25) is 0 Å². The van der Waals surface area contributed by atoms with Gasteiger partial charge in [0.25, 0.3) is 0 Å². The van der Waals surface area contributed by atoms with Gasteiger partial charge in [-0.2, -0.15) is 0 Å². The molecule has 0 heterocycles. The Morgan fingerprint density at radius 3 is 1.69 bits per heavy atom. The minimum absolute atomic E-state index is 0.762. The summed E-state index contributed by atoms with van der Waals surface area (Å²) in [6, 6.07) is 19.0. The van der Waals surface area contributed by atoms with Crippen molar-refractivity contribution in [2.45, 2.75) is 53.9 Å². The molecule has 0 radical (unpaired) electrons. The summed E-state index contributed by atoms with van der Waals surface area (Å²) in [5, 5.41) is 3.03. The number of aryl methyl sites for hydroxylation is 1. The molecule has 2 rings (SSSR count). The third kappa shape index (κ3) is 13.3. The minimum Gasteiger partial charge on any atom is -0.388 e. The van der Waals surface area contributed by atoms with E-state index in [0.29, 0.717) is 0 Å². The van der Waals surface area contributed by atoms with Crippen molar-refractivity contribution >= 4 is 5.69 Å². The van der Waals surface area contributed by atoms with Crippen molar-refractivity contribution in [2.24, 2.45) is 11.8 Å². The van der Waals surface area contributed by atoms with Crippen LogP contribution in [0.15, 0.2) is 67.3 Å². The maximum Gasteiger partial charge on any atom is 0.0337 e. The Labute approximate surface area is 162 Å². The molecule has 0 bridgehead atoms. The predicted molar refractivity (Wildman–Crippen MR) is 120 cm³/mol. The first-order valence-corrected chi connectivity index (χ1v) is 9.84. The molecule has 26 heavy (non-hydrogen) atoms. The molecule has 0 fully saturated rings. The van der Waals surface area contributed by atoms with Gasteiger partial charge in [0.1, 0.15) is 0 Å². The Hall–Kier alpha value is -2.02. The van der Waals surface area contributed by atoms with Crippen molar-refractivity contribution in [2.75, 3.05) is 12.4 Å². The van der Waals surface area contributed by atoms with Crippen LogP contribution in [-0.2, 0) is 12.8 Å². The topological polar surface area (TPSA) is 12.0 Å². The maximum absolute atomic E-state index is 3.60. The average Bonchev–Trinajstić information content (AvgIpc) is 2.63. The van der Waals surface area contributed by atoms with E-state index in [0.717, 1.165) is 30.4 Å². The highest BCUT2D eigenvalue weighted by atomic mass is 14.8. The van der Waals surface area contributed by atoms with Gasteiger partial charge in [-0.1, -0.05) is 83.2 Å². The van der Waals surface area contributed by atoms with Crippen molar-refractivity contribution in [3.05, 3.63) is 78.4 Å². The average molecular weight is 354 g/mol. The lowest BCUT2D eigenvalue weighted by molar-refractivity contribution is 0.647. The second-order valence-corrected chi connectivity index (χ2v) is 7.30. The summed E-state index contributed by atoms with van der Waals surface area (Å²) in [7, 11) is 1.91. The van der Waals surface area contributed by atoms with Gasteiger partial charge in [-0.3, -0.25) is 0 Å². The van der Waals surface area contributed by atoms with E-state index >= 15 is 0 Å². The number of hydrogen-bond acceptors (Lipinski definition) is 1. The predicted octanol–water partition coefficient (Wildman–Crippen LogP) is 7.39. The van der Waals surface area contributed by atoms with Crippen LogP contribution in [0.3, 0.4) is 0 Å². The van der Waals surface area contributed by atoms with Crippen LogP contribution < -0.4 is 5.32 Å². The van der Waals surface area contributed by atoms with E-state index in [9.17, 15) is 0 Å². The normalized spacial score (nSPS) is 9.69.